The summed E-state index contributed by atoms with van der Waals surface area (Å²) in [5.74, 6) is 0.865. The van der Waals surface area contributed by atoms with E-state index in [0.29, 0.717) is 6.54 Å². The van der Waals surface area contributed by atoms with Crippen molar-refractivity contribution in [2.75, 3.05) is 6.61 Å². The minimum Gasteiger partial charge on any atom is -0.394 e. The zero-order valence-electron chi connectivity index (χ0n) is 7.44. The predicted octanol–water partition coefficient (Wildman–Crippen LogP) is -0.627. The van der Waals surface area contributed by atoms with E-state index in [2.05, 4.69) is 5.10 Å². The minimum atomic E-state index is -0.0799. The van der Waals surface area contributed by atoms with Crippen LogP contribution < -0.4 is 5.69 Å². The molecule has 72 valence electrons. The van der Waals surface area contributed by atoms with E-state index >= 15 is 0 Å². The second kappa shape index (κ2) is 3.33. The van der Waals surface area contributed by atoms with E-state index in [1.807, 2.05) is 0 Å². The number of aryl methyl sites for hydroxylation is 1. The first-order valence-corrected chi connectivity index (χ1v) is 4.60. The molecule has 5 heteroatoms. The lowest BCUT2D eigenvalue weighted by atomic mass is 10.2. The van der Waals surface area contributed by atoms with Crippen LogP contribution in [0.15, 0.2) is 4.79 Å². The molecule has 0 aliphatic carbocycles. The largest absolute Gasteiger partial charge is 0.394 e. The van der Waals surface area contributed by atoms with Gasteiger partial charge in [0.05, 0.1) is 13.2 Å². The average Bonchev–Trinajstić information content (AvgIpc) is 2.46. The van der Waals surface area contributed by atoms with Crippen LogP contribution in [-0.2, 0) is 19.5 Å². The first-order valence-electron chi connectivity index (χ1n) is 4.60. The van der Waals surface area contributed by atoms with Crippen molar-refractivity contribution in [2.45, 2.75) is 32.4 Å². The molecule has 0 bridgehead atoms. The molecule has 0 atom stereocenters. The van der Waals surface area contributed by atoms with E-state index in [9.17, 15) is 4.79 Å². The Hall–Kier alpha value is -1.10. The summed E-state index contributed by atoms with van der Waals surface area (Å²) in [6, 6.07) is 0. The quantitative estimate of drug-likeness (QED) is 0.664. The van der Waals surface area contributed by atoms with Gasteiger partial charge >= 0.3 is 5.69 Å². The standard InChI is InChI=1S/C8H13N3O2/c12-6-5-11-8(13)10-4-2-1-3-7(10)9-11/h12H,1-6H2. The highest BCUT2D eigenvalue weighted by atomic mass is 16.3. The predicted molar refractivity (Wildman–Crippen MR) is 46.5 cm³/mol. The summed E-state index contributed by atoms with van der Waals surface area (Å²) >= 11 is 0. The SMILES string of the molecule is O=c1n(CCO)nc2n1CCCC2. The summed E-state index contributed by atoms with van der Waals surface area (Å²) in [5.41, 5.74) is -0.0799. The Morgan fingerprint density at radius 1 is 1.46 bits per heavy atom. The van der Waals surface area contributed by atoms with Crippen LogP contribution in [0.5, 0.6) is 0 Å². The molecular formula is C8H13N3O2. The maximum atomic E-state index is 11.6. The fourth-order valence-corrected chi connectivity index (χ4v) is 1.69. The van der Waals surface area contributed by atoms with Crippen LogP contribution in [0, 0.1) is 0 Å². The van der Waals surface area contributed by atoms with E-state index in [4.69, 9.17) is 5.11 Å². The van der Waals surface area contributed by atoms with Gasteiger partial charge in [-0.05, 0) is 12.8 Å². The highest BCUT2D eigenvalue weighted by molar-refractivity contribution is 4.91. The second-order valence-electron chi connectivity index (χ2n) is 3.25. The third-order valence-electron chi connectivity index (χ3n) is 2.34. The first-order chi connectivity index (χ1) is 6.33. The van der Waals surface area contributed by atoms with Gasteiger partial charge < -0.3 is 5.11 Å². The summed E-state index contributed by atoms with van der Waals surface area (Å²) in [6.07, 6.45) is 3.04. The summed E-state index contributed by atoms with van der Waals surface area (Å²) in [7, 11) is 0. The Labute approximate surface area is 75.6 Å². The molecule has 0 saturated carbocycles. The van der Waals surface area contributed by atoms with Gasteiger partial charge in [0.2, 0.25) is 0 Å². The van der Waals surface area contributed by atoms with Gasteiger partial charge in [-0.3, -0.25) is 4.57 Å². The molecule has 0 aromatic carbocycles. The Bertz CT molecular complexity index is 353. The first kappa shape index (κ1) is 8.50. The Balaban J connectivity index is 2.39. The van der Waals surface area contributed by atoms with Gasteiger partial charge in [0.25, 0.3) is 0 Å². The topological polar surface area (TPSA) is 60.1 Å². The number of nitrogens with zero attached hydrogens (tertiary/aromatic N) is 3. The number of rotatable bonds is 2. The smallest absolute Gasteiger partial charge is 0.345 e. The van der Waals surface area contributed by atoms with Crippen LogP contribution in [0.3, 0.4) is 0 Å². The third kappa shape index (κ3) is 1.39. The Morgan fingerprint density at radius 2 is 2.31 bits per heavy atom. The number of hydrogen-bond donors (Lipinski definition) is 1. The fraction of sp³-hybridized carbons (Fsp3) is 0.750. The number of fused-ring (bicyclic) bond motifs is 1. The van der Waals surface area contributed by atoms with Gasteiger partial charge in [-0.1, -0.05) is 0 Å². The lowest BCUT2D eigenvalue weighted by Gasteiger charge is -2.09. The lowest BCUT2D eigenvalue weighted by Crippen LogP contribution is -2.27. The number of aliphatic hydroxyl groups is 1. The van der Waals surface area contributed by atoms with Gasteiger partial charge in [0.15, 0.2) is 0 Å². The maximum absolute atomic E-state index is 11.6. The normalized spacial score (nSPS) is 15.8. The molecule has 13 heavy (non-hydrogen) atoms. The molecule has 1 aliphatic heterocycles. The molecule has 1 aromatic heterocycles. The molecule has 1 aromatic rings. The van der Waals surface area contributed by atoms with E-state index in [-0.39, 0.29) is 12.3 Å². The average molecular weight is 183 g/mol. The van der Waals surface area contributed by atoms with Crippen LogP contribution in [-0.4, -0.2) is 26.1 Å². The van der Waals surface area contributed by atoms with E-state index in [0.717, 1.165) is 31.6 Å². The van der Waals surface area contributed by atoms with Crippen molar-refractivity contribution in [1.82, 2.24) is 14.3 Å². The maximum Gasteiger partial charge on any atom is 0.345 e. The molecular weight excluding hydrogens is 170 g/mol. The van der Waals surface area contributed by atoms with Gasteiger partial charge in [-0.2, -0.15) is 5.10 Å². The number of aliphatic hydroxyl groups excluding tert-OH is 1. The van der Waals surface area contributed by atoms with Crippen molar-refractivity contribution >= 4 is 0 Å². The summed E-state index contributed by atoms with van der Waals surface area (Å²) < 4.78 is 3.06. The zero-order valence-corrected chi connectivity index (χ0v) is 7.44. The number of aromatic nitrogens is 3. The molecule has 5 nitrogen and oxygen atoms in total. The Kier molecular flexibility index (Phi) is 2.18. The van der Waals surface area contributed by atoms with Crippen molar-refractivity contribution in [3.63, 3.8) is 0 Å². The zero-order chi connectivity index (χ0) is 9.26. The highest BCUT2D eigenvalue weighted by Crippen LogP contribution is 2.08. The molecule has 0 spiro atoms. The molecule has 2 heterocycles. The van der Waals surface area contributed by atoms with Gasteiger partial charge in [-0.25, -0.2) is 9.48 Å². The molecule has 0 radical (unpaired) electrons. The monoisotopic (exact) mass is 183 g/mol. The van der Waals surface area contributed by atoms with Crippen molar-refractivity contribution in [2.24, 2.45) is 0 Å². The van der Waals surface area contributed by atoms with Crippen molar-refractivity contribution in [1.29, 1.82) is 0 Å². The van der Waals surface area contributed by atoms with E-state index < -0.39 is 0 Å². The fourth-order valence-electron chi connectivity index (χ4n) is 1.69. The highest BCUT2D eigenvalue weighted by Gasteiger charge is 2.15. The molecule has 0 amide bonds. The van der Waals surface area contributed by atoms with Crippen LogP contribution in [0.1, 0.15) is 18.7 Å². The van der Waals surface area contributed by atoms with Crippen LogP contribution in [0.4, 0.5) is 0 Å². The summed E-state index contributed by atoms with van der Waals surface area (Å²) in [5, 5.41) is 12.8. The van der Waals surface area contributed by atoms with E-state index in [1.165, 1.54) is 4.68 Å². The van der Waals surface area contributed by atoms with Gasteiger partial charge in [0.1, 0.15) is 5.82 Å². The minimum absolute atomic E-state index is 0.0314. The number of hydrogen-bond acceptors (Lipinski definition) is 3. The molecule has 0 fully saturated rings. The van der Waals surface area contributed by atoms with Gasteiger partial charge in [-0.15, -0.1) is 0 Å². The summed E-state index contributed by atoms with van der Waals surface area (Å²) in [6.45, 7) is 1.05. The molecule has 0 saturated heterocycles. The van der Waals surface area contributed by atoms with Gasteiger partial charge in [0, 0.05) is 13.0 Å². The van der Waals surface area contributed by atoms with E-state index in [1.54, 1.807) is 4.57 Å². The molecule has 0 unspecified atom stereocenters. The molecule has 1 N–H and O–H groups in total. The van der Waals surface area contributed by atoms with Crippen LogP contribution >= 0.6 is 0 Å². The summed E-state index contributed by atoms with van der Waals surface area (Å²) in [4.78, 5) is 11.6. The third-order valence-corrected chi connectivity index (χ3v) is 2.34. The molecule has 1 aliphatic rings. The van der Waals surface area contributed by atoms with Crippen molar-refractivity contribution in [3.05, 3.63) is 16.3 Å². The molecule has 2 rings (SSSR count). The second-order valence-corrected chi connectivity index (χ2v) is 3.25. The van der Waals surface area contributed by atoms with Crippen molar-refractivity contribution < 1.29 is 5.11 Å². The van der Waals surface area contributed by atoms with Crippen LogP contribution in [0.25, 0.3) is 0 Å². The van der Waals surface area contributed by atoms with Crippen molar-refractivity contribution in [3.8, 4) is 0 Å². The lowest BCUT2D eigenvalue weighted by molar-refractivity contribution is 0.266. The Morgan fingerprint density at radius 3 is 3.00 bits per heavy atom. The van der Waals surface area contributed by atoms with Crippen LogP contribution in [0.2, 0.25) is 0 Å².